The molecule has 3 rings (SSSR count). The van der Waals surface area contributed by atoms with Gasteiger partial charge in [0.25, 0.3) is 5.91 Å². The van der Waals surface area contributed by atoms with Crippen molar-refractivity contribution in [3.63, 3.8) is 0 Å². The third-order valence-electron chi connectivity index (χ3n) is 3.97. The van der Waals surface area contributed by atoms with Crippen LogP contribution in [0.4, 0.5) is 5.69 Å². The van der Waals surface area contributed by atoms with Gasteiger partial charge in [0.1, 0.15) is 5.75 Å². The maximum atomic E-state index is 12.2. The van der Waals surface area contributed by atoms with Crippen LogP contribution in [-0.4, -0.2) is 12.0 Å². The molecule has 1 fully saturated rings. The molecule has 0 atom stereocenters. The Labute approximate surface area is 135 Å². The normalized spacial score (nSPS) is 14.2. The molecule has 1 N–H and O–H groups in total. The van der Waals surface area contributed by atoms with E-state index in [1.165, 1.54) is 12.8 Å². The lowest BCUT2D eigenvalue weighted by atomic mass is 10.1. The third kappa shape index (κ3) is 3.89. The number of carbonyl (C=O) groups is 1. The summed E-state index contributed by atoms with van der Waals surface area (Å²) in [7, 11) is 0. The molecular formula is C19H18N2O2. The smallest absolute Gasteiger partial charge is 0.255 e. The van der Waals surface area contributed by atoms with Crippen molar-refractivity contribution < 1.29 is 9.53 Å². The first kappa shape index (κ1) is 15.1. The van der Waals surface area contributed by atoms with Gasteiger partial charge in [-0.05, 0) is 68.1 Å². The van der Waals surface area contributed by atoms with E-state index >= 15 is 0 Å². The number of nitrogens with one attached hydrogen (secondary N) is 1. The fourth-order valence-electron chi connectivity index (χ4n) is 2.75. The van der Waals surface area contributed by atoms with Crippen molar-refractivity contribution >= 4 is 11.6 Å². The molecule has 0 saturated heterocycles. The van der Waals surface area contributed by atoms with Gasteiger partial charge in [0.05, 0.1) is 17.7 Å². The van der Waals surface area contributed by atoms with E-state index in [1.807, 2.05) is 30.3 Å². The van der Waals surface area contributed by atoms with E-state index in [1.54, 1.807) is 24.3 Å². The number of hydrogen-bond acceptors (Lipinski definition) is 3. The number of hydrogen-bond donors (Lipinski definition) is 1. The highest BCUT2D eigenvalue weighted by Gasteiger charge is 2.16. The SMILES string of the molecule is N#Cc1cccc(C(=O)Nc2ccc(OC3CCCC3)cc2)c1. The quantitative estimate of drug-likeness (QED) is 0.923. The van der Waals surface area contributed by atoms with Crippen LogP contribution in [0.25, 0.3) is 0 Å². The zero-order valence-electron chi connectivity index (χ0n) is 12.8. The number of benzene rings is 2. The van der Waals surface area contributed by atoms with Crippen LogP contribution in [-0.2, 0) is 0 Å². The second-order valence-electron chi connectivity index (χ2n) is 5.70. The average Bonchev–Trinajstić information content (AvgIpc) is 3.09. The van der Waals surface area contributed by atoms with E-state index < -0.39 is 0 Å². The van der Waals surface area contributed by atoms with Crippen LogP contribution < -0.4 is 10.1 Å². The van der Waals surface area contributed by atoms with Crippen LogP contribution in [0.5, 0.6) is 5.75 Å². The van der Waals surface area contributed by atoms with Gasteiger partial charge in [0.2, 0.25) is 0 Å². The van der Waals surface area contributed by atoms with E-state index in [0.717, 1.165) is 18.6 Å². The van der Waals surface area contributed by atoms with Crippen molar-refractivity contribution in [3.05, 3.63) is 59.7 Å². The first-order valence-corrected chi connectivity index (χ1v) is 7.83. The molecule has 0 aliphatic heterocycles. The van der Waals surface area contributed by atoms with Crippen LogP contribution in [0.15, 0.2) is 48.5 Å². The van der Waals surface area contributed by atoms with Gasteiger partial charge in [-0.2, -0.15) is 5.26 Å². The van der Waals surface area contributed by atoms with Gasteiger partial charge in [0.15, 0.2) is 0 Å². The summed E-state index contributed by atoms with van der Waals surface area (Å²) in [5, 5.41) is 11.7. The summed E-state index contributed by atoms with van der Waals surface area (Å²) in [6.07, 6.45) is 5.03. The number of nitriles is 1. The minimum absolute atomic E-state index is 0.230. The predicted octanol–water partition coefficient (Wildman–Crippen LogP) is 4.13. The Morgan fingerprint density at radius 2 is 1.87 bits per heavy atom. The molecule has 0 unspecified atom stereocenters. The van der Waals surface area contributed by atoms with Gasteiger partial charge >= 0.3 is 0 Å². The van der Waals surface area contributed by atoms with Gasteiger partial charge in [-0.1, -0.05) is 6.07 Å². The van der Waals surface area contributed by atoms with E-state index in [4.69, 9.17) is 10.00 Å². The minimum atomic E-state index is -0.230. The monoisotopic (exact) mass is 306 g/mol. The lowest BCUT2D eigenvalue weighted by molar-refractivity contribution is 0.102. The molecule has 0 spiro atoms. The fraction of sp³-hybridized carbons (Fsp3) is 0.263. The maximum Gasteiger partial charge on any atom is 0.255 e. The number of anilines is 1. The lowest BCUT2D eigenvalue weighted by Crippen LogP contribution is -2.12. The van der Waals surface area contributed by atoms with Crippen molar-refractivity contribution in [2.24, 2.45) is 0 Å². The van der Waals surface area contributed by atoms with Crippen LogP contribution in [0.3, 0.4) is 0 Å². The van der Waals surface area contributed by atoms with Gasteiger partial charge in [-0.3, -0.25) is 4.79 Å². The van der Waals surface area contributed by atoms with Crippen molar-refractivity contribution in [2.45, 2.75) is 31.8 Å². The minimum Gasteiger partial charge on any atom is -0.490 e. The Hall–Kier alpha value is -2.80. The van der Waals surface area contributed by atoms with Gasteiger partial charge in [-0.15, -0.1) is 0 Å². The third-order valence-corrected chi connectivity index (χ3v) is 3.97. The van der Waals surface area contributed by atoms with Crippen LogP contribution >= 0.6 is 0 Å². The number of amides is 1. The average molecular weight is 306 g/mol. The van der Waals surface area contributed by atoms with E-state index in [2.05, 4.69) is 5.32 Å². The molecule has 23 heavy (non-hydrogen) atoms. The lowest BCUT2D eigenvalue weighted by Gasteiger charge is -2.13. The van der Waals surface area contributed by atoms with Crippen molar-refractivity contribution in [1.29, 1.82) is 5.26 Å². The molecule has 0 bridgehead atoms. The molecule has 1 saturated carbocycles. The predicted molar refractivity (Wildman–Crippen MR) is 88.4 cm³/mol. The highest BCUT2D eigenvalue weighted by atomic mass is 16.5. The van der Waals surface area contributed by atoms with Crippen LogP contribution in [0.1, 0.15) is 41.6 Å². The second-order valence-corrected chi connectivity index (χ2v) is 5.70. The topological polar surface area (TPSA) is 62.1 Å². The molecule has 0 aromatic heterocycles. The molecule has 4 heteroatoms. The Kier molecular flexibility index (Phi) is 4.58. The first-order chi connectivity index (χ1) is 11.2. The Balaban J connectivity index is 1.63. The zero-order chi connectivity index (χ0) is 16.1. The largest absolute Gasteiger partial charge is 0.490 e. The molecule has 4 nitrogen and oxygen atoms in total. The Bertz CT molecular complexity index is 726. The summed E-state index contributed by atoms with van der Waals surface area (Å²) >= 11 is 0. The molecule has 0 radical (unpaired) electrons. The first-order valence-electron chi connectivity index (χ1n) is 7.83. The molecule has 1 amide bonds. The van der Waals surface area contributed by atoms with Crippen LogP contribution in [0.2, 0.25) is 0 Å². The molecule has 2 aromatic rings. The van der Waals surface area contributed by atoms with E-state index in [0.29, 0.717) is 22.9 Å². The molecule has 116 valence electrons. The Morgan fingerprint density at radius 1 is 1.13 bits per heavy atom. The molecular weight excluding hydrogens is 288 g/mol. The molecule has 0 heterocycles. The van der Waals surface area contributed by atoms with Crippen molar-refractivity contribution in [1.82, 2.24) is 0 Å². The molecule has 2 aromatic carbocycles. The second kappa shape index (κ2) is 6.97. The highest BCUT2D eigenvalue weighted by molar-refractivity contribution is 6.04. The number of rotatable bonds is 4. The van der Waals surface area contributed by atoms with Gasteiger partial charge in [0, 0.05) is 11.3 Å². The highest BCUT2D eigenvalue weighted by Crippen LogP contribution is 2.25. The zero-order valence-corrected chi connectivity index (χ0v) is 12.8. The van der Waals surface area contributed by atoms with E-state index in [9.17, 15) is 4.79 Å². The summed E-state index contributed by atoms with van der Waals surface area (Å²) in [6, 6.07) is 16.1. The van der Waals surface area contributed by atoms with Gasteiger partial charge < -0.3 is 10.1 Å². The number of nitrogens with zero attached hydrogens (tertiary/aromatic N) is 1. The molecule has 1 aliphatic rings. The maximum absolute atomic E-state index is 12.2. The summed E-state index contributed by atoms with van der Waals surface area (Å²) in [5.74, 6) is 0.605. The standard InChI is InChI=1S/C19H18N2O2/c20-13-14-4-3-5-15(12-14)19(22)21-16-8-10-18(11-9-16)23-17-6-1-2-7-17/h3-5,8-12,17H,1-2,6-7H2,(H,21,22). The summed E-state index contributed by atoms with van der Waals surface area (Å²) in [4.78, 5) is 12.2. The number of ether oxygens (including phenoxy) is 1. The van der Waals surface area contributed by atoms with Crippen molar-refractivity contribution in [2.75, 3.05) is 5.32 Å². The fourth-order valence-corrected chi connectivity index (χ4v) is 2.75. The Morgan fingerprint density at radius 3 is 2.57 bits per heavy atom. The summed E-state index contributed by atoms with van der Waals surface area (Å²) in [5.41, 5.74) is 1.64. The van der Waals surface area contributed by atoms with Gasteiger partial charge in [-0.25, -0.2) is 0 Å². The van der Waals surface area contributed by atoms with E-state index in [-0.39, 0.29) is 5.91 Å². The van der Waals surface area contributed by atoms with Crippen molar-refractivity contribution in [3.8, 4) is 11.8 Å². The van der Waals surface area contributed by atoms with Crippen LogP contribution in [0, 0.1) is 11.3 Å². The summed E-state index contributed by atoms with van der Waals surface area (Å²) in [6.45, 7) is 0. The summed E-state index contributed by atoms with van der Waals surface area (Å²) < 4.78 is 5.90. The molecule has 1 aliphatic carbocycles. The number of carbonyl (C=O) groups excluding carboxylic acids is 1.